The fraction of sp³-hybridized carbons (Fsp3) is 0.882. The van der Waals surface area contributed by atoms with Crippen LogP contribution in [0.3, 0.4) is 0 Å². The molecular weight excluding hydrogens is 232 g/mol. The van der Waals surface area contributed by atoms with Gasteiger partial charge in [0.15, 0.2) is 0 Å². The summed E-state index contributed by atoms with van der Waals surface area (Å²) < 4.78 is 0. The zero-order valence-electron chi connectivity index (χ0n) is 13.1. The highest BCUT2D eigenvalue weighted by Gasteiger charge is 2.25. The Morgan fingerprint density at radius 2 is 1.79 bits per heavy atom. The third kappa shape index (κ3) is 4.32. The molecule has 1 fully saturated rings. The monoisotopic (exact) mass is 264 g/mol. The Hall–Kier alpha value is -0.340. The highest BCUT2D eigenvalue weighted by molar-refractivity contribution is 5.14. The predicted octanol–water partition coefficient (Wildman–Crippen LogP) is 3.43. The molecule has 0 saturated heterocycles. The first-order chi connectivity index (χ1) is 8.99. The van der Waals surface area contributed by atoms with E-state index in [9.17, 15) is 0 Å². The van der Waals surface area contributed by atoms with E-state index in [4.69, 9.17) is 5.73 Å². The fourth-order valence-electron chi connectivity index (χ4n) is 3.57. The molecule has 110 valence electrons. The van der Waals surface area contributed by atoms with Crippen LogP contribution in [0.1, 0.15) is 52.9 Å². The Bertz CT molecular complexity index is 306. The van der Waals surface area contributed by atoms with Crippen molar-refractivity contribution in [2.45, 2.75) is 52.9 Å². The van der Waals surface area contributed by atoms with Gasteiger partial charge in [-0.15, -0.1) is 0 Å². The van der Waals surface area contributed by atoms with Crippen LogP contribution in [0.4, 0.5) is 0 Å². The zero-order valence-corrected chi connectivity index (χ0v) is 13.1. The number of hydrogen-bond acceptors (Lipinski definition) is 2. The fourth-order valence-corrected chi connectivity index (χ4v) is 3.57. The summed E-state index contributed by atoms with van der Waals surface area (Å²) in [6.45, 7) is 11.6. The second-order valence-corrected chi connectivity index (χ2v) is 7.61. The highest BCUT2D eigenvalue weighted by Crippen LogP contribution is 2.32. The van der Waals surface area contributed by atoms with E-state index < -0.39 is 0 Å². The van der Waals surface area contributed by atoms with Gasteiger partial charge in [0.25, 0.3) is 0 Å². The molecule has 0 amide bonds. The molecule has 0 atom stereocenters. The highest BCUT2D eigenvalue weighted by atomic mass is 15.1. The summed E-state index contributed by atoms with van der Waals surface area (Å²) in [5.41, 5.74) is 7.79. The summed E-state index contributed by atoms with van der Waals surface area (Å²) >= 11 is 0. The Labute approximate surface area is 119 Å². The van der Waals surface area contributed by atoms with Crippen molar-refractivity contribution in [3.05, 3.63) is 11.6 Å². The molecule has 1 saturated carbocycles. The Kier molecular flexibility index (Phi) is 5.08. The standard InChI is InChI=1S/C17H32N2/c1-17(2,3)16-8-10-19(11-9-16)13-15-6-4-14(12-18)5-7-15/h8,14-15H,4-7,9-13,18H2,1-3H3. The van der Waals surface area contributed by atoms with E-state index in [0.717, 1.165) is 18.4 Å². The van der Waals surface area contributed by atoms with Gasteiger partial charge in [0.1, 0.15) is 0 Å². The van der Waals surface area contributed by atoms with Crippen LogP contribution in [0, 0.1) is 17.3 Å². The lowest BCUT2D eigenvalue weighted by Gasteiger charge is -2.36. The molecule has 2 N–H and O–H groups in total. The van der Waals surface area contributed by atoms with E-state index in [1.807, 2.05) is 0 Å². The third-order valence-electron chi connectivity index (χ3n) is 5.07. The molecule has 1 heterocycles. The SMILES string of the molecule is CC(C)(C)C1=CCN(CC2CCC(CN)CC2)CC1. The maximum absolute atomic E-state index is 5.77. The van der Waals surface area contributed by atoms with Gasteiger partial charge in [0.05, 0.1) is 0 Å². The summed E-state index contributed by atoms with van der Waals surface area (Å²) in [5, 5.41) is 0. The van der Waals surface area contributed by atoms with Gasteiger partial charge < -0.3 is 5.73 Å². The Balaban J connectivity index is 1.76. The zero-order chi connectivity index (χ0) is 13.9. The molecule has 1 aliphatic heterocycles. The van der Waals surface area contributed by atoms with Gasteiger partial charge in [-0.05, 0) is 55.9 Å². The van der Waals surface area contributed by atoms with Gasteiger partial charge in [-0.1, -0.05) is 32.4 Å². The van der Waals surface area contributed by atoms with Gasteiger partial charge in [-0.2, -0.15) is 0 Å². The second kappa shape index (κ2) is 6.41. The average Bonchev–Trinajstić information content (AvgIpc) is 2.39. The first kappa shape index (κ1) is 15.1. The smallest absolute Gasteiger partial charge is 0.0166 e. The van der Waals surface area contributed by atoms with Crippen molar-refractivity contribution in [3.63, 3.8) is 0 Å². The third-order valence-corrected chi connectivity index (χ3v) is 5.07. The van der Waals surface area contributed by atoms with Crippen molar-refractivity contribution >= 4 is 0 Å². The molecule has 2 rings (SSSR count). The molecule has 0 aromatic carbocycles. The van der Waals surface area contributed by atoms with E-state index in [0.29, 0.717) is 5.41 Å². The van der Waals surface area contributed by atoms with E-state index in [2.05, 4.69) is 31.7 Å². The number of nitrogens with zero attached hydrogens (tertiary/aromatic N) is 1. The molecule has 0 unspecified atom stereocenters. The maximum Gasteiger partial charge on any atom is 0.0166 e. The van der Waals surface area contributed by atoms with Gasteiger partial charge in [0, 0.05) is 19.6 Å². The largest absolute Gasteiger partial charge is 0.330 e. The average molecular weight is 264 g/mol. The molecule has 2 heteroatoms. The van der Waals surface area contributed by atoms with Crippen LogP contribution < -0.4 is 5.73 Å². The van der Waals surface area contributed by atoms with Gasteiger partial charge in [-0.3, -0.25) is 4.90 Å². The summed E-state index contributed by atoms with van der Waals surface area (Å²) in [4.78, 5) is 2.66. The van der Waals surface area contributed by atoms with Crippen LogP contribution in [-0.2, 0) is 0 Å². The molecule has 0 aromatic rings. The van der Waals surface area contributed by atoms with Gasteiger partial charge >= 0.3 is 0 Å². The molecular formula is C17H32N2. The van der Waals surface area contributed by atoms with Crippen LogP contribution in [-0.4, -0.2) is 31.1 Å². The van der Waals surface area contributed by atoms with Crippen molar-refractivity contribution < 1.29 is 0 Å². The van der Waals surface area contributed by atoms with Gasteiger partial charge in [-0.25, -0.2) is 0 Å². The quantitative estimate of drug-likeness (QED) is 0.791. The summed E-state index contributed by atoms with van der Waals surface area (Å²) in [6.07, 6.45) is 9.26. The van der Waals surface area contributed by atoms with Crippen molar-refractivity contribution in [1.29, 1.82) is 0 Å². The number of rotatable bonds is 3. The lowest BCUT2D eigenvalue weighted by atomic mass is 9.80. The first-order valence-electron chi connectivity index (χ1n) is 8.11. The van der Waals surface area contributed by atoms with Crippen LogP contribution in [0.5, 0.6) is 0 Å². The summed E-state index contributed by atoms with van der Waals surface area (Å²) in [7, 11) is 0. The van der Waals surface area contributed by atoms with Crippen LogP contribution in [0.15, 0.2) is 11.6 Å². The minimum Gasteiger partial charge on any atom is -0.330 e. The molecule has 2 aliphatic rings. The number of hydrogen-bond donors (Lipinski definition) is 1. The van der Waals surface area contributed by atoms with E-state index in [1.165, 1.54) is 51.7 Å². The Morgan fingerprint density at radius 1 is 1.16 bits per heavy atom. The molecule has 1 aliphatic carbocycles. The van der Waals surface area contributed by atoms with Crippen molar-refractivity contribution in [1.82, 2.24) is 4.90 Å². The first-order valence-corrected chi connectivity index (χ1v) is 8.11. The molecule has 0 spiro atoms. The van der Waals surface area contributed by atoms with Crippen LogP contribution in [0.2, 0.25) is 0 Å². The topological polar surface area (TPSA) is 29.3 Å². The molecule has 0 aromatic heterocycles. The summed E-state index contributed by atoms with van der Waals surface area (Å²) in [5.74, 6) is 1.73. The van der Waals surface area contributed by atoms with Gasteiger partial charge in [0.2, 0.25) is 0 Å². The predicted molar refractivity (Wildman–Crippen MR) is 83.1 cm³/mol. The Morgan fingerprint density at radius 3 is 2.26 bits per heavy atom. The van der Waals surface area contributed by atoms with E-state index in [-0.39, 0.29) is 0 Å². The number of nitrogens with two attached hydrogens (primary N) is 1. The minimum atomic E-state index is 0.366. The van der Waals surface area contributed by atoms with Crippen LogP contribution in [0.25, 0.3) is 0 Å². The van der Waals surface area contributed by atoms with Crippen molar-refractivity contribution in [3.8, 4) is 0 Å². The molecule has 2 nitrogen and oxygen atoms in total. The minimum absolute atomic E-state index is 0.366. The second-order valence-electron chi connectivity index (χ2n) is 7.61. The lowest BCUT2D eigenvalue weighted by molar-refractivity contribution is 0.186. The maximum atomic E-state index is 5.77. The van der Waals surface area contributed by atoms with E-state index >= 15 is 0 Å². The van der Waals surface area contributed by atoms with E-state index in [1.54, 1.807) is 5.57 Å². The lowest BCUT2D eigenvalue weighted by Crippen LogP contribution is -2.36. The molecule has 0 bridgehead atoms. The molecule has 19 heavy (non-hydrogen) atoms. The van der Waals surface area contributed by atoms with Crippen molar-refractivity contribution in [2.24, 2.45) is 23.0 Å². The van der Waals surface area contributed by atoms with Crippen molar-refractivity contribution in [2.75, 3.05) is 26.2 Å². The normalized spacial score (nSPS) is 30.2. The molecule has 0 radical (unpaired) electrons. The van der Waals surface area contributed by atoms with Crippen LogP contribution >= 0.6 is 0 Å². The summed E-state index contributed by atoms with van der Waals surface area (Å²) in [6, 6.07) is 0.